The van der Waals surface area contributed by atoms with E-state index in [4.69, 9.17) is 9.79 Å². The number of allylic oxidation sites excluding steroid dienone is 3. The number of carbonyl (C=O) groups excluding carboxylic acids is 1. The molecule has 1 aliphatic rings. The number of ketones is 1. The molecule has 0 bridgehead atoms. The van der Waals surface area contributed by atoms with E-state index in [1.54, 1.807) is 18.2 Å². The Hall–Kier alpha value is -1.92. The Morgan fingerprint density at radius 2 is 2.04 bits per heavy atom. The first kappa shape index (κ1) is 17.4. The van der Waals surface area contributed by atoms with Crippen LogP contribution in [0.3, 0.4) is 0 Å². The molecule has 7 nitrogen and oxygen atoms in total. The average Bonchev–Trinajstić information content (AvgIpc) is 2.43. The molecule has 8 heteroatoms. The van der Waals surface area contributed by atoms with Gasteiger partial charge >= 0.3 is 7.75 Å². The Bertz CT molecular complexity index is 693. The van der Waals surface area contributed by atoms with Crippen LogP contribution in [0, 0.1) is 5.92 Å². The highest BCUT2D eigenvalue weighted by Crippen LogP contribution is 2.34. The van der Waals surface area contributed by atoms with Gasteiger partial charge in [-0.3, -0.25) is 9.88 Å². The van der Waals surface area contributed by atoms with E-state index in [2.05, 4.69) is 0 Å². The predicted molar refractivity (Wildman–Crippen MR) is 83.3 cm³/mol. The van der Waals surface area contributed by atoms with Gasteiger partial charge in [0.1, 0.15) is 5.75 Å². The number of hydrogen-bond donors (Lipinski definition) is 5. The molecule has 0 radical (unpaired) electrons. The Morgan fingerprint density at radius 1 is 1.30 bits per heavy atom. The summed E-state index contributed by atoms with van der Waals surface area (Å²) in [5, 5.41) is 21.7. The third-order valence-electron chi connectivity index (χ3n) is 3.48. The molecule has 0 spiro atoms. The lowest BCUT2D eigenvalue weighted by Gasteiger charge is -2.26. The maximum absolute atomic E-state index is 12.0. The standard InChI is InChI=1S/C15H18NO6P/c17-11-4-1-3-10(9-11)7-8-14(19)15-12(16-23(20,21)22)5-2-6-13(15)18/h1-6,9,14-15,17,19H,7-8H2,(H3,16,20,21,22). The maximum Gasteiger partial charge on any atom is 0.427 e. The summed E-state index contributed by atoms with van der Waals surface area (Å²) < 4.78 is 11.1. The van der Waals surface area contributed by atoms with Crippen molar-refractivity contribution in [3.63, 3.8) is 0 Å². The second-order valence-electron chi connectivity index (χ2n) is 5.29. The van der Waals surface area contributed by atoms with Crippen molar-refractivity contribution < 1.29 is 29.4 Å². The molecule has 0 saturated carbocycles. The molecule has 23 heavy (non-hydrogen) atoms. The van der Waals surface area contributed by atoms with Gasteiger partial charge in [-0.2, -0.15) is 0 Å². The van der Waals surface area contributed by atoms with E-state index in [9.17, 15) is 19.6 Å². The Kier molecular flexibility index (Phi) is 5.38. The van der Waals surface area contributed by atoms with Crippen LogP contribution in [0.4, 0.5) is 0 Å². The van der Waals surface area contributed by atoms with Crippen LogP contribution in [0.2, 0.25) is 0 Å². The fourth-order valence-corrected chi connectivity index (χ4v) is 3.02. The minimum Gasteiger partial charge on any atom is -0.508 e. The highest BCUT2D eigenvalue weighted by atomic mass is 31.2. The number of aromatic hydroxyl groups is 1. The number of phenolic OH excluding ortho intramolecular Hbond substituents is 1. The highest BCUT2D eigenvalue weighted by molar-refractivity contribution is 7.49. The summed E-state index contributed by atoms with van der Waals surface area (Å²) >= 11 is 0. The van der Waals surface area contributed by atoms with Crippen LogP contribution in [0.5, 0.6) is 5.75 Å². The first-order valence-corrected chi connectivity index (χ1v) is 8.59. The lowest BCUT2D eigenvalue weighted by molar-refractivity contribution is -0.120. The number of aliphatic hydroxyl groups is 1. The SMILES string of the molecule is O=C1C=CC=C(NP(=O)(O)O)C1C(O)CCc1cccc(O)c1. The van der Waals surface area contributed by atoms with Gasteiger partial charge in [-0.15, -0.1) is 0 Å². The largest absolute Gasteiger partial charge is 0.508 e. The van der Waals surface area contributed by atoms with Crippen LogP contribution in [0.25, 0.3) is 0 Å². The summed E-state index contributed by atoms with van der Waals surface area (Å²) in [5.41, 5.74) is 0.783. The second-order valence-corrected chi connectivity index (χ2v) is 6.60. The lowest BCUT2D eigenvalue weighted by atomic mass is 9.87. The van der Waals surface area contributed by atoms with Crippen molar-refractivity contribution >= 4 is 13.5 Å². The number of nitrogens with one attached hydrogen (secondary N) is 1. The number of hydrogen-bond acceptors (Lipinski definition) is 4. The van der Waals surface area contributed by atoms with Crippen molar-refractivity contribution in [2.45, 2.75) is 18.9 Å². The molecule has 2 unspecified atom stereocenters. The first-order valence-electron chi connectivity index (χ1n) is 6.98. The fraction of sp³-hybridized carbons (Fsp3) is 0.267. The Morgan fingerprint density at radius 3 is 2.70 bits per heavy atom. The van der Waals surface area contributed by atoms with Crippen LogP contribution in [-0.4, -0.2) is 31.9 Å². The molecule has 2 atom stereocenters. The van der Waals surface area contributed by atoms with E-state index >= 15 is 0 Å². The van der Waals surface area contributed by atoms with Crippen molar-refractivity contribution in [1.82, 2.24) is 5.09 Å². The minimum absolute atomic E-state index is 0.00533. The number of carbonyl (C=O) groups is 1. The number of benzene rings is 1. The molecular weight excluding hydrogens is 321 g/mol. The smallest absolute Gasteiger partial charge is 0.427 e. The van der Waals surface area contributed by atoms with Crippen LogP contribution in [0.15, 0.2) is 48.2 Å². The number of rotatable bonds is 6. The van der Waals surface area contributed by atoms with Crippen molar-refractivity contribution in [2.24, 2.45) is 5.92 Å². The molecule has 0 heterocycles. The number of aliphatic hydroxyl groups excluding tert-OH is 1. The molecular formula is C15H18NO6P. The van der Waals surface area contributed by atoms with Gasteiger partial charge in [-0.1, -0.05) is 18.2 Å². The van der Waals surface area contributed by atoms with Gasteiger partial charge in [0.25, 0.3) is 0 Å². The van der Waals surface area contributed by atoms with Crippen LogP contribution in [0.1, 0.15) is 12.0 Å². The molecule has 0 fully saturated rings. The van der Waals surface area contributed by atoms with Crippen molar-refractivity contribution in [2.75, 3.05) is 0 Å². The summed E-state index contributed by atoms with van der Waals surface area (Å²) in [6.45, 7) is 0. The second kappa shape index (κ2) is 7.10. The van der Waals surface area contributed by atoms with E-state index in [1.807, 2.05) is 5.09 Å². The first-order chi connectivity index (χ1) is 10.8. The molecule has 0 amide bonds. The third kappa shape index (κ3) is 5.04. The van der Waals surface area contributed by atoms with Crippen LogP contribution >= 0.6 is 7.75 Å². The number of aryl methyl sites for hydroxylation is 1. The van der Waals surface area contributed by atoms with Gasteiger partial charge in [-0.05, 0) is 42.7 Å². The predicted octanol–water partition coefficient (Wildman–Crippen LogP) is 1.01. The summed E-state index contributed by atoms with van der Waals surface area (Å²) in [5.74, 6) is -1.37. The molecule has 2 rings (SSSR count). The summed E-state index contributed by atoms with van der Waals surface area (Å²) in [6.07, 6.45) is 3.49. The molecule has 124 valence electrons. The highest BCUT2D eigenvalue weighted by Gasteiger charge is 2.33. The minimum atomic E-state index is -4.57. The van der Waals surface area contributed by atoms with Gasteiger partial charge < -0.3 is 20.0 Å². The maximum atomic E-state index is 12.0. The van der Waals surface area contributed by atoms with E-state index in [1.165, 1.54) is 24.3 Å². The van der Waals surface area contributed by atoms with Gasteiger partial charge in [-0.25, -0.2) is 4.57 Å². The number of phenols is 1. The Balaban J connectivity index is 2.07. The topological polar surface area (TPSA) is 127 Å². The molecule has 5 N–H and O–H groups in total. The quantitative estimate of drug-likeness (QED) is 0.489. The molecule has 1 aromatic rings. The van der Waals surface area contributed by atoms with Crippen LogP contribution in [-0.2, 0) is 15.8 Å². The average molecular weight is 339 g/mol. The van der Waals surface area contributed by atoms with Crippen molar-refractivity contribution in [1.29, 1.82) is 0 Å². The van der Waals surface area contributed by atoms with Crippen molar-refractivity contribution in [3.8, 4) is 5.75 Å². The summed E-state index contributed by atoms with van der Waals surface area (Å²) in [4.78, 5) is 30.0. The van der Waals surface area contributed by atoms with E-state index in [0.717, 1.165) is 5.56 Å². The molecule has 1 aromatic carbocycles. The molecule has 1 aliphatic carbocycles. The summed E-state index contributed by atoms with van der Waals surface area (Å²) in [7, 11) is -4.57. The molecule has 0 saturated heterocycles. The molecule has 0 aromatic heterocycles. The van der Waals surface area contributed by atoms with Gasteiger partial charge in [0.15, 0.2) is 5.78 Å². The zero-order valence-corrected chi connectivity index (χ0v) is 13.1. The van der Waals surface area contributed by atoms with Crippen molar-refractivity contribution in [3.05, 3.63) is 53.8 Å². The Labute approximate surface area is 133 Å². The molecule has 0 aliphatic heterocycles. The van der Waals surface area contributed by atoms with Gasteiger partial charge in [0.05, 0.1) is 12.0 Å². The van der Waals surface area contributed by atoms with E-state index in [0.29, 0.717) is 6.42 Å². The van der Waals surface area contributed by atoms with Crippen LogP contribution < -0.4 is 5.09 Å². The van der Waals surface area contributed by atoms with Gasteiger partial charge in [0, 0.05) is 5.70 Å². The van der Waals surface area contributed by atoms with E-state index in [-0.39, 0.29) is 17.9 Å². The third-order valence-corrected chi connectivity index (χ3v) is 4.03. The fourth-order valence-electron chi connectivity index (χ4n) is 2.47. The zero-order chi connectivity index (χ0) is 17.0. The summed E-state index contributed by atoms with van der Waals surface area (Å²) in [6, 6.07) is 6.53. The monoisotopic (exact) mass is 339 g/mol. The normalized spacial score (nSPS) is 19.3. The van der Waals surface area contributed by atoms with Gasteiger partial charge in [0.2, 0.25) is 0 Å². The van der Waals surface area contributed by atoms with E-state index < -0.39 is 25.6 Å². The lowest BCUT2D eigenvalue weighted by Crippen LogP contribution is -2.35. The zero-order valence-electron chi connectivity index (χ0n) is 12.2.